The summed E-state index contributed by atoms with van der Waals surface area (Å²) < 4.78 is 10.3. The Morgan fingerprint density at radius 3 is 3.04 bits per heavy atom. The number of nitrogens with one attached hydrogen (secondary N) is 1. The molecule has 7 heteroatoms. The predicted octanol–water partition coefficient (Wildman–Crippen LogP) is 2.46. The van der Waals surface area contributed by atoms with Crippen LogP contribution >= 0.6 is 11.6 Å². The Hall–Kier alpha value is -1.79. The van der Waals surface area contributed by atoms with Crippen molar-refractivity contribution in [2.45, 2.75) is 37.8 Å². The molecule has 0 radical (unpaired) electrons. The van der Waals surface area contributed by atoms with E-state index in [9.17, 15) is 9.59 Å². The van der Waals surface area contributed by atoms with E-state index < -0.39 is 6.04 Å². The molecule has 0 unspecified atom stereocenters. The molecule has 1 aromatic carbocycles. The van der Waals surface area contributed by atoms with Gasteiger partial charge in [-0.3, -0.25) is 14.5 Å². The number of fused-ring (bicyclic) bond motifs is 1. The number of anilines is 1. The number of carbonyl (C=O) groups excluding carboxylic acids is 2. The van der Waals surface area contributed by atoms with E-state index in [1.54, 1.807) is 18.2 Å². The van der Waals surface area contributed by atoms with Crippen molar-refractivity contribution in [3.8, 4) is 5.75 Å². The van der Waals surface area contributed by atoms with E-state index >= 15 is 0 Å². The molecule has 130 valence electrons. The fourth-order valence-corrected chi connectivity index (χ4v) is 3.61. The second-order valence-electron chi connectivity index (χ2n) is 6.13. The van der Waals surface area contributed by atoms with E-state index in [1.165, 1.54) is 7.11 Å². The minimum Gasteiger partial charge on any atom is -0.495 e. The summed E-state index contributed by atoms with van der Waals surface area (Å²) in [6.45, 7) is 1.27. The fourth-order valence-electron chi connectivity index (χ4n) is 3.35. The number of amides is 1. The highest BCUT2D eigenvalue weighted by molar-refractivity contribution is 6.32. The van der Waals surface area contributed by atoms with E-state index in [2.05, 4.69) is 10.2 Å². The highest BCUT2D eigenvalue weighted by Gasteiger charge is 2.40. The van der Waals surface area contributed by atoms with Crippen LogP contribution in [0.1, 0.15) is 25.7 Å². The molecule has 0 bridgehead atoms. The molecule has 1 aromatic rings. The van der Waals surface area contributed by atoms with Crippen LogP contribution < -0.4 is 10.1 Å². The van der Waals surface area contributed by atoms with Gasteiger partial charge in [0.1, 0.15) is 18.4 Å². The molecule has 6 nitrogen and oxygen atoms in total. The number of rotatable bonds is 4. The summed E-state index contributed by atoms with van der Waals surface area (Å²) >= 11 is 6.06. The molecule has 2 saturated heterocycles. The first-order valence-corrected chi connectivity index (χ1v) is 8.52. The quantitative estimate of drug-likeness (QED) is 0.843. The van der Waals surface area contributed by atoms with Gasteiger partial charge >= 0.3 is 5.97 Å². The van der Waals surface area contributed by atoms with Gasteiger partial charge in [0.15, 0.2) is 0 Å². The smallest absolute Gasteiger partial charge is 0.323 e. The number of carbonyl (C=O) groups is 2. The van der Waals surface area contributed by atoms with Crippen LogP contribution in [0.5, 0.6) is 5.75 Å². The number of cyclic esters (lactones) is 1. The molecule has 24 heavy (non-hydrogen) atoms. The Morgan fingerprint density at radius 1 is 1.46 bits per heavy atom. The molecule has 2 heterocycles. The molecule has 3 rings (SSSR count). The second kappa shape index (κ2) is 7.40. The zero-order valence-electron chi connectivity index (χ0n) is 13.6. The average molecular weight is 353 g/mol. The normalized spacial score (nSPS) is 24.0. The van der Waals surface area contributed by atoms with Gasteiger partial charge in [-0.05, 0) is 37.6 Å². The molecule has 0 aromatic heterocycles. The van der Waals surface area contributed by atoms with Crippen molar-refractivity contribution in [3.05, 3.63) is 23.2 Å². The molecule has 0 saturated carbocycles. The summed E-state index contributed by atoms with van der Waals surface area (Å²) in [7, 11) is 1.53. The Bertz CT molecular complexity index is 637. The molecular formula is C17H21ClN2O4. The number of morpholine rings is 1. The third kappa shape index (κ3) is 3.65. The van der Waals surface area contributed by atoms with E-state index in [-0.39, 0.29) is 24.3 Å². The Morgan fingerprint density at radius 2 is 2.29 bits per heavy atom. The van der Waals surface area contributed by atoms with Gasteiger partial charge in [0.05, 0.1) is 18.6 Å². The van der Waals surface area contributed by atoms with Crippen molar-refractivity contribution in [1.29, 1.82) is 0 Å². The summed E-state index contributed by atoms with van der Waals surface area (Å²) in [4.78, 5) is 26.6. The zero-order valence-corrected chi connectivity index (χ0v) is 14.3. The van der Waals surface area contributed by atoms with Gasteiger partial charge in [0, 0.05) is 11.7 Å². The van der Waals surface area contributed by atoms with Crippen molar-refractivity contribution in [2.75, 3.05) is 25.6 Å². The number of methoxy groups -OCH3 is 1. The predicted molar refractivity (Wildman–Crippen MR) is 90.3 cm³/mol. The van der Waals surface area contributed by atoms with E-state index in [1.807, 2.05) is 0 Å². The van der Waals surface area contributed by atoms with E-state index in [4.69, 9.17) is 21.1 Å². The third-order valence-electron chi connectivity index (χ3n) is 4.58. The maximum Gasteiger partial charge on any atom is 0.323 e. The average Bonchev–Trinajstić information content (AvgIpc) is 2.58. The summed E-state index contributed by atoms with van der Waals surface area (Å²) in [5, 5.41) is 3.20. The van der Waals surface area contributed by atoms with Crippen LogP contribution in [0.2, 0.25) is 5.02 Å². The fraction of sp³-hybridized carbons (Fsp3) is 0.529. The first kappa shape index (κ1) is 17.0. The highest BCUT2D eigenvalue weighted by atomic mass is 35.5. The molecule has 0 spiro atoms. The molecule has 2 aliphatic heterocycles. The van der Waals surface area contributed by atoms with Gasteiger partial charge < -0.3 is 14.8 Å². The maximum atomic E-state index is 12.3. The summed E-state index contributed by atoms with van der Waals surface area (Å²) in [6.07, 6.45) is 3.29. The summed E-state index contributed by atoms with van der Waals surface area (Å²) in [6, 6.07) is 4.77. The van der Waals surface area contributed by atoms with E-state index in [0.717, 1.165) is 25.8 Å². The zero-order chi connectivity index (χ0) is 17.1. The van der Waals surface area contributed by atoms with Crippen molar-refractivity contribution in [3.63, 3.8) is 0 Å². The Kier molecular flexibility index (Phi) is 5.26. The third-order valence-corrected chi connectivity index (χ3v) is 4.87. The van der Waals surface area contributed by atoms with Crippen LogP contribution in [0.15, 0.2) is 18.2 Å². The van der Waals surface area contributed by atoms with Gasteiger partial charge in [0.25, 0.3) is 0 Å². The molecular weight excluding hydrogens is 332 g/mol. The van der Waals surface area contributed by atoms with Gasteiger partial charge in [-0.15, -0.1) is 0 Å². The molecule has 2 aliphatic rings. The number of benzene rings is 1. The van der Waals surface area contributed by atoms with Crippen LogP contribution in [0.3, 0.4) is 0 Å². The van der Waals surface area contributed by atoms with E-state index in [0.29, 0.717) is 23.1 Å². The lowest BCUT2D eigenvalue weighted by Gasteiger charge is -2.43. The first-order chi connectivity index (χ1) is 11.6. The largest absolute Gasteiger partial charge is 0.495 e. The molecule has 1 amide bonds. The van der Waals surface area contributed by atoms with Crippen LogP contribution in [0.25, 0.3) is 0 Å². The van der Waals surface area contributed by atoms with Gasteiger partial charge in [0.2, 0.25) is 5.91 Å². The number of hydrogen-bond donors (Lipinski definition) is 1. The first-order valence-electron chi connectivity index (χ1n) is 8.14. The van der Waals surface area contributed by atoms with Crippen molar-refractivity contribution < 1.29 is 19.1 Å². The number of esters is 1. The highest BCUT2D eigenvalue weighted by Crippen LogP contribution is 2.28. The molecule has 2 atom stereocenters. The van der Waals surface area contributed by atoms with Gasteiger partial charge in [-0.25, -0.2) is 0 Å². The lowest BCUT2D eigenvalue weighted by molar-refractivity contribution is -0.165. The second-order valence-corrected chi connectivity index (χ2v) is 6.54. The van der Waals surface area contributed by atoms with Crippen LogP contribution in [-0.4, -0.2) is 49.1 Å². The lowest BCUT2D eigenvalue weighted by Crippen LogP contribution is -2.57. The number of nitrogens with zero attached hydrogens (tertiary/aromatic N) is 1. The molecule has 2 fully saturated rings. The minimum atomic E-state index is -0.502. The Balaban J connectivity index is 1.64. The SMILES string of the molecule is COc1ccc(NC(=O)C[C@H]2C(=O)OC[C@H]3CCCCN32)cc1Cl. The topological polar surface area (TPSA) is 67.9 Å². The lowest BCUT2D eigenvalue weighted by atomic mass is 9.97. The standard InChI is InChI=1S/C17H21ClN2O4/c1-23-15-6-5-11(8-13(15)18)19-16(21)9-14-17(22)24-10-12-4-2-3-7-20(12)14/h5-6,8,12,14H,2-4,7,9-10H2,1H3,(H,19,21)/t12-,14+/m1/s1. The molecule has 1 N–H and O–H groups in total. The van der Waals surface area contributed by atoms with Crippen LogP contribution in [0, 0.1) is 0 Å². The number of ether oxygens (including phenoxy) is 2. The summed E-state index contributed by atoms with van der Waals surface area (Å²) in [5.41, 5.74) is 0.574. The van der Waals surface area contributed by atoms with Crippen molar-refractivity contribution in [1.82, 2.24) is 4.90 Å². The minimum absolute atomic E-state index is 0.0823. The van der Waals surface area contributed by atoms with Crippen molar-refractivity contribution >= 4 is 29.2 Å². The molecule has 0 aliphatic carbocycles. The van der Waals surface area contributed by atoms with Gasteiger partial charge in [-0.1, -0.05) is 18.0 Å². The monoisotopic (exact) mass is 352 g/mol. The maximum absolute atomic E-state index is 12.3. The summed E-state index contributed by atoms with van der Waals surface area (Å²) in [5.74, 6) is 0.00199. The van der Waals surface area contributed by atoms with Crippen LogP contribution in [0.4, 0.5) is 5.69 Å². The Labute approximate surface area is 146 Å². The van der Waals surface area contributed by atoms with Crippen LogP contribution in [-0.2, 0) is 14.3 Å². The number of hydrogen-bond acceptors (Lipinski definition) is 5. The van der Waals surface area contributed by atoms with Gasteiger partial charge in [-0.2, -0.15) is 0 Å². The number of halogens is 1. The van der Waals surface area contributed by atoms with Crippen molar-refractivity contribution in [2.24, 2.45) is 0 Å². The number of piperidine rings is 1.